The zero-order chi connectivity index (χ0) is 19.5. The molecule has 1 atom stereocenters. The third-order valence-electron chi connectivity index (χ3n) is 6.03. The van der Waals surface area contributed by atoms with Gasteiger partial charge < -0.3 is 19.9 Å². The van der Waals surface area contributed by atoms with Crippen molar-refractivity contribution in [1.29, 1.82) is 0 Å². The highest BCUT2D eigenvalue weighted by molar-refractivity contribution is 7.15. The molecule has 7 nitrogen and oxygen atoms in total. The third-order valence-corrected chi connectivity index (χ3v) is 7.22. The highest BCUT2D eigenvalue weighted by atomic mass is 32.1. The SMILES string of the molecule is CC(C)c1nnc(NC[C@H]2CN(CC3CCN(CC4CC4)CC3)C(=O)CO2)s1. The first kappa shape index (κ1) is 20.0. The second-order valence-corrected chi connectivity index (χ2v) is 9.91. The molecule has 0 radical (unpaired) electrons. The predicted molar refractivity (Wildman–Crippen MR) is 111 cm³/mol. The lowest BCUT2D eigenvalue weighted by molar-refractivity contribution is -0.149. The first-order chi connectivity index (χ1) is 13.6. The molecule has 1 aliphatic carbocycles. The summed E-state index contributed by atoms with van der Waals surface area (Å²) in [6, 6.07) is 0. The van der Waals surface area contributed by atoms with Gasteiger partial charge in [0.05, 0.1) is 6.10 Å². The molecule has 3 aliphatic rings. The second-order valence-electron chi connectivity index (χ2n) is 8.90. The molecule has 28 heavy (non-hydrogen) atoms. The summed E-state index contributed by atoms with van der Waals surface area (Å²) in [4.78, 5) is 17.0. The quantitative estimate of drug-likeness (QED) is 0.714. The summed E-state index contributed by atoms with van der Waals surface area (Å²) in [7, 11) is 0. The summed E-state index contributed by atoms with van der Waals surface area (Å²) < 4.78 is 5.75. The molecule has 1 aromatic rings. The van der Waals surface area contributed by atoms with E-state index in [-0.39, 0.29) is 18.6 Å². The van der Waals surface area contributed by atoms with E-state index in [9.17, 15) is 4.79 Å². The fourth-order valence-electron chi connectivity index (χ4n) is 4.05. The Morgan fingerprint density at radius 2 is 1.89 bits per heavy atom. The molecule has 156 valence electrons. The van der Waals surface area contributed by atoms with Gasteiger partial charge in [0, 0.05) is 32.1 Å². The van der Waals surface area contributed by atoms with Gasteiger partial charge in [0.15, 0.2) is 0 Å². The highest BCUT2D eigenvalue weighted by Gasteiger charge is 2.31. The Kier molecular flexibility index (Phi) is 6.48. The molecule has 2 aliphatic heterocycles. The van der Waals surface area contributed by atoms with Crippen LogP contribution in [0.3, 0.4) is 0 Å². The van der Waals surface area contributed by atoms with E-state index in [1.807, 2.05) is 4.90 Å². The molecule has 0 bridgehead atoms. The lowest BCUT2D eigenvalue weighted by Crippen LogP contribution is -2.51. The average Bonchev–Trinajstić information content (AvgIpc) is 3.36. The number of aromatic nitrogens is 2. The second kappa shape index (κ2) is 9.05. The number of nitrogens with one attached hydrogen (secondary N) is 1. The molecule has 3 heterocycles. The van der Waals surface area contributed by atoms with Crippen LogP contribution in [0, 0.1) is 11.8 Å². The van der Waals surface area contributed by atoms with Crippen LogP contribution in [0.1, 0.15) is 50.5 Å². The zero-order valence-corrected chi connectivity index (χ0v) is 17.9. The van der Waals surface area contributed by atoms with Gasteiger partial charge in [0.2, 0.25) is 11.0 Å². The maximum atomic E-state index is 12.3. The van der Waals surface area contributed by atoms with Crippen LogP contribution in [0.2, 0.25) is 0 Å². The Bertz CT molecular complexity index is 655. The van der Waals surface area contributed by atoms with Crippen LogP contribution < -0.4 is 5.32 Å². The number of amides is 1. The van der Waals surface area contributed by atoms with Crippen molar-refractivity contribution in [1.82, 2.24) is 20.0 Å². The summed E-state index contributed by atoms with van der Waals surface area (Å²) in [6.45, 7) is 10.3. The Hall–Kier alpha value is -1.25. The topological polar surface area (TPSA) is 70.6 Å². The zero-order valence-electron chi connectivity index (χ0n) is 17.1. The normalized spacial score (nSPS) is 24.9. The van der Waals surface area contributed by atoms with E-state index in [0.29, 0.717) is 24.9 Å². The molecule has 4 rings (SSSR count). The number of rotatable bonds is 8. The third kappa shape index (κ3) is 5.42. The van der Waals surface area contributed by atoms with Gasteiger partial charge in [0.1, 0.15) is 11.6 Å². The van der Waals surface area contributed by atoms with Gasteiger partial charge >= 0.3 is 0 Å². The molecule has 1 aromatic heterocycles. The average molecular weight is 408 g/mol. The van der Waals surface area contributed by atoms with Gasteiger partial charge in [-0.05, 0) is 50.6 Å². The van der Waals surface area contributed by atoms with Gasteiger partial charge in [0.25, 0.3) is 0 Å². The van der Waals surface area contributed by atoms with E-state index in [1.165, 1.54) is 45.3 Å². The minimum Gasteiger partial charge on any atom is -0.365 e. The molecule has 0 unspecified atom stereocenters. The van der Waals surface area contributed by atoms with E-state index in [2.05, 4.69) is 34.3 Å². The number of carbonyl (C=O) groups is 1. The maximum absolute atomic E-state index is 12.3. The van der Waals surface area contributed by atoms with E-state index < -0.39 is 0 Å². The maximum Gasteiger partial charge on any atom is 0.248 e. The standard InChI is InChI=1S/C20H33N5O2S/c1-14(2)19-22-23-20(28-19)21-9-17-12-25(18(26)13-27-17)11-16-5-7-24(8-6-16)10-15-3-4-15/h14-17H,3-13H2,1-2H3,(H,21,23)/t17-/m0/s1. The highest BCUT2D eigenvalue weighted by Crippen LogP contribution is 2.31. The van der Waals surface area contributed by atoms with Gasteiger partial charge in [-0.3, -0.25) is 4.79 Å². The smallest absolute Gasteiger partial charge is 0.248 e. The van der Waals surface area contributed by atoms with Crippen molar-refractivity contribution in [2.75, 3.05) is 51.2 Å². The number of carbonyl (C=O) groups excluding carboxylic acids is 1. The molecule has 1 N–H and O–H groups in total. The fourth-order valence-corrected chi connectivity index (χ4v) is 4.80. The predicted octanol–water partition coefficient (Wildman–Crippen LogP) is 2.42. The molecule has 0 aromatic carbocycles. The Balaban J connectivity index is 1.21. The van der Waals surface area contributed by atoms with Crippen molar-refractivity contribution in [3.63, 3.8) is 0 Å². The van der Waals surface area contributed by atoms with E-state index in [4.69, 9.17) is 4.74 Å². The van der Waals surface area contributed by atoms with E-state index in [1.54, 1.807) is 11.3 Å². The van der Waals surface area contributed by atoms with Crippen LogP contribution in [0.25, 0.3) is 0 Å². The molecule has 1 saturated carbocycles. The molecule has 3 fully saturated rings. The van der Waals surface area contributed by atoms with Crippen LogP contribution in [0.15, 0.2) is 0 Å². The number of likely N-dealkylation sites (tertiary alicyclic amines) is 1. The monoisotopic (exact) mass is 407 g/mol. The molecular formula is C20H33N5O2S. The Labute approximate surface area is 171 Å². The molecule has 0 spiro atoms. The minimum atomic E-state index is 0.0130. The number of nitrogens with zero attached hydrogens (tertiary/aromatic N) is 4. The van der Waals surface area contributed by atoms with Crippen molar-refractivity contribution >= 4 is 22.4 Å². The summed E-state index contributed by atoms with van der Waals surface area (Å²) in [6.07, 6.45) is 5.28. The summed E-state index contributed by atoms with van der Waals surface area (Å²) in [5, 5.41) is 13.6. The number of hydrogen-bond donors (Lipinski definition) is 1. The Morgan fingerprint density at radius 3 is 2.57 bits per heavy atom. The number of ether oxygens (including phenoxy) is 1. The van der Waals surface area contributed by atoms with Crippen molar-refractivity contribution < 1.29 is 9.53 Å². The minimum absolute atomic E-state index is 0.0130. The van der Waals surface area contributed by atoms with E-state index >= 15 is 0 Å². The van der Waals surface area contributed by atoms with Crippen molar-refractivity contribution in [3.8, 4) is 0 Å². The molecular weight excluding hydrogens is 374 g/mol. The lowest BCUT2D eigenvalue weighted by atomic mass is 9.95. The van der Waals surface area contributed by atoms with Crippen LogP contribution in [0.4, 0.5) is 5.13 Å². The fraction of sp³-hybridized carbons (Fsp3) is 0.850. The molecule has 1 amide bonds. The first-order valence-corrected chi connectivity index (χ1v) is 11.6. The van der Waals surface area contributed by atoms with E-state index in [0.717, 1.165) is 22.6 Å². The van der Waals surface area contributed by atoms with Crippen molar-refractivity contribution in [2.24, 2.45) is 11.8 Å². The first-order valence-electron chi connectivity index (χ1n) is 10.8. The number of morpholine rings is 1. The summed E-state index contributed by atoms with van der Waals surface area (Å²) >= 11 is 1.59. The molecule has 2 saturated heterocycles. The van der Waals surface area contributed by atoms with Crippen LogP contribution >= 0.6 is 11.3 Å². The Morgan fingerprint density at radius 1 is 1.14 bits per heavy atom. The van der Waals surface area contributed by atoms with Crippen molar-refractivity contribution in [3.05, 3.63) is 5.01 Å². The van der Waals surface area contributed by atoms with Gasteiger partial charge in [-0.25, -0.2) is 0 Å². The number of anilines is 1. The van der Waals surface area contributed by atoms with Crippen LogP contribution in [-0.4, -0.2) is 77.9 Å². The van der Waals surface area contributed by atoms with Crippen LogP contribution in [-0.2, 0) is 9.53 Å². The van der Waals surface area contributed by atoms with Gasteiger partial charge in [-0.15, -0.1) is 10.2 Å². The summed E-state index contributed by atoms with van der Waals surface area (Å²) in [5.41, 5.74) is 0. The number of piperidine rings is 1. The summed E-state index contributed by atoms with van der Waals surface area (Å²) in [5.74, 6) is 2.12. The molecule has 8 heteroatoms. The number of hydrogen-bond acceptors (Lipinski definition) is 7. The van der Waals surface area contributed by atoms with Crippen molar-refractivity contribution in [2.45, 2.75) is 51.6 Å². The largest absolute Gasteiger partial charge is 0.365 e. The van der Waals surface area contributed by atoms with Gasteiger partial charge in [-0.2, -0.15) is 0 Å². The lowest BCUT2D eigenvalue weighted by Gasteiger charge is -2.38. The van der Waals surface area contributed by atoms with Gasteiger partial charge in [-0.1, -0.05) is 25.2 Å². The van der Waals surface area contributed by atoms with Crippen LogP contribution in [0.5, 0.6) is 0 Å².